The molecule has 4 aromatic rings. The Kier molecular flexibility index (Phi) is 6.56. The molecule has 1 atom stereocenters. The van der Waals surface area contributed by atoms with Gasteiger partial charge in [-0.3, -0.25) is 4.79 Å². The van der Waals surface area contributed by atoms with E-state index in [-0.39, 0.29) is 39.3 Å². The average Bonchev–Trinajstić information content (AvgIpc) is 3.18. The molecule has 1 amide bonds. The Morgan fingerprint density at radius 1 is 1.08 bits per heavy atom. The first-order chi connectivity index (χ1) is 18.1. The summed E-state index contributed by atoms with van der Waals surface area (Å²) in [5.74, 6) is -0.0740. The topological polar surface area (TPSA) is 115 Å². The highest BCUT2D eigenvalue weighted by Crippen LogP contribution is 2.39. The van der Waals surface area contributed by atoms with Crippen LogP contribution in [0, 0.1) is 5.92 Å². The van der Waals surface area contributed by atoms with E-state index in [4.69, 9.17) is 10.5 Å². The van der Waals surface area contributed by atoms with Crippen molar-refractivity contribution in [2.75, 3.05) is 11.4 Å². The van der Waals surface area contributed by atoms with Crippen LogP contribution in [0.1, 0.15) is 43.1 Å². The van der Waals surface area contributed by atoms with Gasteiger partial charge in [0.2, 0.25) is 15.7 Å². The number of nitrogens with two attached hydrogens (primary N) is 1. The van der Waals surface area contributed by atoms with Crippen molar-refractivity contribution in [3.63, 3.8) is 0 Å². The summed E-state index contributed by atoms with van der Waals surface area (Å²) in [6.45, 7) is 7.05. The second-order valence-corrected chi connectivity index (χ2v) is 12.2. The molecule has 8 nitrogen and oxygen atoms in total. The molecule has 0 bridgehead atoms. The zero-order valence-electron chi connectivity index (χ0n) is 21.6. The molecule has 2 aromatic heterocycles. The number of fused-ring (bicyclic) bond motifs is 1. The van der Waals surface area contributed by atoms with Gasteiger partial charge in [-0.05, 0) is 54.7 Å². The lowest BCUT2D eigenvalue weighted by atomic mass is 9.97. The largest absolute Gasteiger partial charge is 0.473 e. The molecular formula is C29H30N4O4S. The van der Waals surface area contributed by atoms with Crippen LogP contribution in [0.15, 0.2) is 82.8 Å². The van der Waals surface area contributed by atoms with Gasteiger partial charge < -0.3 is 15.4 Å². The van der Waals surface area contributed by atoms with Crippen molar-refractivity contribution in [1.29, 1.82) is 0 Å². The molecule has 0 saturated carbocycles. The second-order valence-electron chi connectivity index (χ2n) is 10.3. The number of anilines is 1. The predicted octanol–water partition coefficient (Wildman–Crippen LogP) is 4.77. The Bertz CT molecular complexity index is 1630. The van der Waals surface area contributed by atoms with Gasteiger partial charge in [0.05, 0.1) is 4.90 Å². The molecule has 2 N–H and O–H groups in total. The van der Waals surface area contributed by atoms with Gasteiger partial charge in [0.15, 0.2) is 5.03 Å². The predicted molar refractivity (Wildman–Crippen MR) is 146 cm³/mol. The zero-order chi connectivity index (χ0) is 27.1. The molecule has 38 heavy (non-hydrogen) atoms. The van der Waals surface area contributed by atoms with Gasteiger partial charge in [-0.2, -0.15) is 0 Å². The Hall–Kier alpha value is -3.98. The number of carbonyl (C=O) groups is 1. The maximum atomic E-state index is 13.8. The molecule has 1 fully saturated rings. The van der Waals surface area contributed by atoms with Gasteiger partial charge in [0, 0.05) is 24.3 Å². The zero-order valence-corrected chi connectivity index (χ0v) is 22.4. The van der Waals surface area contributed by atoms with Gasteiger partial charge in [-0.25, -0.2) is 18.4 Å². The number of carbonyl (C=O) groups excluding carboxylic acids is 1. The number of sulfone groups is 1. The molecule has 196 valence electrons. The Morgan fingerprint density at radius 2 is 1.82 bits per heavy atom. The number of ether oxygens (including phenoxy) is 1. The highest BCUT2D eigenvalue weighted by Gasteiger charge is 2.40. The van der Waals surface area contributed by atoms with Crippen molar-refractivity contribution >= 4 is 32.3 Å². The smallest absolute Gasteiger partial charge is 0.253 e. The van der Waals surface area contributed by atoms with Gasteiger partial charge in [-0.1, -0.05) is 55.5 Å². The van der Waals surface area contributed by atoms with E-state index in [1.54, 1.807) is 12.1 Å². The highest BCUT2D eigenvalue weighted by molar-refractivity contribution is 7.91. The van der Waals surface area contributed by atoms with E-state index in [1.165, 1.54) is 18.3 Å². The van der Waals surface area contributed by atoms with Gasteiger partial charge in [-0.15, -0.1) is 0 Å². The number of primary amides is 1. The summed E-state index contributed by atoms with van der Waals surface area (Å²) in [6, 6.07) is 19.7. The Morgan fingerprint density at radius 3 is 2.55 bits per heavy atom. The summed E-state index contributed by atoms with van der Waals surface area (Å²) in [6.07, 6.45) is 2.27. The third-order valence-electron chi connectivity index (χ3n) is 6.99. The Labute approximate surface area is 222 Å². The summed E-state index contributed by atoms with van der Waals surface area (Å²) >= 11 is 0. The van der Waals surface area contributed by atoms with Crippen LogP contribution in [-0.2, 0) is 16.4 Å². The van der Waals surface area contributed by atoms with E-state index in [0.717, 1.165) is 22.8 Å². The minimum Gasteiger partial charge on any atom is -0.473 e. The molecule has 1 saturated heterocycles. The molecule has 1 aliphatic rings. The standard InChI is InChI=1S/C29H30N4O4S/c1-19-16-29(2,3)33(17-19)28-26(27(30)34)23(14-15-31-28)38(35,36)25-13-7-12-24(32-25)37-18-21-10-6-9-20-8-4-5-11-22(20)21/h4-15,19H,16-18H2,1-3H3,(H2,30,34). The number of benzene rings is 2. The number of pyridine rings is 2. The van der Waals surface area contributed by atoms with Crippen LogP contribution in [0.3, 0.4) is 0 Å². The van der Waals surface area contributed by atoms with Crippen LogP contribution < -0.4 is 15.4 Å². The molecule has 1 aliphatic heterocycles. The van der Waals surface area contributed by atoms with E-state index in [2.05, 4.69) is 16.9 Å². The first kappa shape index (κ1) is 25.7. The second kappa shape index (κ2) is 9.72. The molecule has 2 aromatic carbocycles. The van der Waals surface area contributed by atoms with E-state index in [0.29, 0.717) is 12.5 Å². The van der Waals surface area contributed by atoms with Crippen LogP contribution in [0.5, 0.6) is 5.88 Å². The minimum absolute atomic E-state index is 0.126. The summed E-state index contributed by atoms with van der Waals surface area (Å²) in [5, 5.41) is 1.90. The van der Waals surface area contributed by atoms with Crippen molar-refractivity contribution in [3.8, 4) is 5.88 Å². The molecule has 0 aliphatic carbocycles. The number of hydrogen-bond acceptors (Lipinski definition) is 7. The monoisotopic (exact) mass is 530 g/mol. The number of nitrogens with zero attached hydrogens (tertiary/aromatic N) is 3. The SMILES string of the molecule is CC1CN(c2nccc(S(=O)(=O)c3cccc(OCc4cccc5ccccc45)n3)c2C(N)=O)C(C)(C)C1. The Balaban J connectivity index is 1.49. The molecule has 0 spiro atoms. The van der Waals surface area contributed by atoms with Gasteiger partial charge >= 0.3 is 0 Å². The van der Waals surface area contributed by atoms with Crippen LogP contribution >= 0.6 is 0 Å². The van der Waals surface area contributed by atoms with Crippen molar-refractivity contribution in [2.45, 2.75) is 49.3 Å². The average molecular weight is 531 g/mol. The van der Waals surface area contributed by atoms with Crippen LogP contribution in [0.2, 0.25) is 0 Å². The molecule has 1 unspecified atom stereocenters. The van der Waals surface area contributed by atoms with Crippen molar-refractivity contribution in [1.82, 2.24) is 9.97 Å². The van der Waals surface area contributed by atoms with Crippen LogP contribution in [0.25, 0.3) is 10.8 Å². The third-order valence-corrected chi connectivity index (χ3v) is 8.68. The molecule has 0 radical (unpaired) electrons. The highest BCUT2D eigenvalue weighted by atomic mass is 32.2. The van der Waals surface area contributed by atoms with Crippen molar-refractivity contribution in [2.24, 2.45) is 11.7 Å². The fraction of sp³-hybridized carbons (Fsp3) is 0.276. The molecular weight excluding hydrogens is 500 g/mol. The first-order valence-electron chi connectivity index (χ1n) is 12.5. The quantitative estimate of drug-likeness (QED) is 0.366. The minimum atomic E-state index is -4.22. The van der Waals surface area contributed by atoms with E-state index < -0.39 is 15.7 Å². The van der Waals surface area contributed by atoms with Crippen molar-refractivity contribution < 1.29 is 17.9 Å². The maximum absolute atomic E-state index is 13.8. The van der Waals surface area contributed by atoms with E-state index >= 15 is 0 Å². The molecule has 3 heterocycles. The summed E-state index contributed by atoms with van der Waals surface area (Å²) < 4.78 is 33.5. The maximum Gasteiger partial charge on any atom is 0.253 e. The summed E-state index contributed by atoms with van der Waals surface area (Å²) in [5.41, 5.74) is 6.27. The van der Waals surface area contributed by atoms with E-state index in [9.17, 15) is 13.2 Å². The number of aromatic nitrogens is 2. The number of rotatable bonds is 7. The lowest BCUT2D eigenvalue weighted by Crippen LogP contribution is -2.40. The fourth-order valence-electron chi connectivity index (χ4n) is 5.36. The normalized spacial score (nSPS) is 17.0. The number of hydrogen-bond donors (Lipinski definition) is 1. The van der Waals surface area contributed by atoms with Crippen molar-refractivity contribution in [3.05, 3.63) is 84.1 Å². The molecule has 5 rings (SSSR count). The lowest BCUT2D eigenvalue weighted by molar-refractivity contribution is 0.0997. The van der Waals surface area contributed by atoms with Gasteiger partial charge in [0.25, 0.3) is 5.91 Å². The lowest BCUT2D eigenvalue weighted by Gasteiger charge is -2.33. The molecule has 9 heteroatoms. The van der Waals surface area contributed by atoms with Crippen LogP contribution in [0.4, 0.5) is 5.82 Å². The third kappa shape index (κ3) is 4.69. The summed E-state index contributed by atoms with van der Waals surface area (Å²) in [7, 11) is -4.22. The number of amides is 1. The summed E-state index contributed by atoms with van der Waals surface area (Å²) in [4.78, 5) is 23.1. The van der Waals surface area contributed by atoms with E-state index in [1.807, 2.05) is 61.2 Å². The first-order valence-corrected chi connectivity index (χ1v) is 13.9. The fourth-order valence-corrected chi connectivity index (χ4v) is 6.76. The van der Waals surface area contributed by atoms with Gasteiger partial charge in [0.1, 0.15) is 18.0 Å². The van der Waals surface area contributed by atoms with Crippen LogP contribution in [-0.4, -0.2) is 36.4 Å².